The molecule has 1 rings (SSSR count). The molecule has 5 heteroatoms. The van der Waals surface area contributed by atoms with Crippen molar-refractivity contribution in [3.8, 4) is 0 Å². The Kier molecular flexibility index (Phi) is 6.54. The van der Waals surface area contributed by atoms with Gasteiger partial charge in [-0.3, -0.25) is 4.90 Å². The SMILES string of the molecule is CCC(C(=O)[O-])N1CCN(C)C[C@@H]1C.[Li+]. The Morgan fingerprint density at radius 1 is 1.53 bits per heavy atom. The summed E-state index contributed by atoms with van der Waals surface area (Å²) in [5, 5.41) is 10.9. The number of hydrogen-bond donors (Lipinski definition) is 0. The first kappa shape index (κ1) is 15.0. The maximum atomic E-state index is 10.9. The summed E-state index contributed by atoms with van der Waals surface area (Å²) >= 11 is 0. The largest absolute Gasteiger partial charge is 1.00 e. The van der Waals surface area contributed by atoms with Crippen LogP contribution in [-0.4, -0.2) is 54.5 Å². The molecule has 0 aromatic carbocycles. The minimum Gasteiger partial charge on any atom is -0.548 e. The Hall–Kier alpha value is -0.0126. The van der Waals surface area contributed by atoms with E-state index in [9.17, 15) is 9.90 Å². The maximum absolute atomic E-state index is 10.9. The van der Waals surface area contributed by atoms with Crippen molar-refractivity contribution in [2.24, 2.45) is 0 Å². The molecule has 0 aromatic rings. The normalized spacial score (nSPS) is 25.7. The van der Waals surface area contributed by atoms with E-state index in [0.29, 0.717) is 12.5 Å². The number of carboxylic acid groups (broad SMARTS) is 1. The molecule has 0 radical (unpaired) electrons. The van der Waals surface area contributed by atoms with E-state index in [2.05, 4.69) is 18.9 Å². The molecule has 0 saturated carbocycles. The number of nitrogens with zero attached hydrogens (tertiary/aromatic N) is 2. The van der Waals surface area contributed by atoms with Gasteiger partial charge in [0.2, 0.25) is 0 Å². The molecule has 1 aliphatic rings. The molecule has 0 amide bonds. The minimum atomic E-state index is -0.941. The smallest absolute Gasteiger partial charge is 0.548 e. The van der Waals surface area contributed by atoms with Crippen molar-refractivity contribution in [2.45, 2.75) is 32.4 Å². The molecule has 1 aliphatic heterocycles. The molecule has 0 aliphatic carbocycles. The van der Waals surface area contributed by atoms with E-state index in [1.54, 1.807) is 0 Å². The fourth-order valence-corrected chi connectivity index (χ4v) is 2.15. The standard InChI is InChI=1S/C10H20N2O2.Li/c1-4-9(10(13)14)12-6-5-11(3)7-8(12)2;/h8-9H,4-7H2,1-3H3,(H,13,14);/q;+1/p-1/t8-,9?;/m0./s1. The predicted octanol–water partition coefficient (Wildman–Crippen LogP) is -3.85. The van der Waals surface area contributed by atoms with Gasteiger partial charge >= 0.3 is 18.9 Å². The van der Waals surface area contributed by atoms with E-state index in [1.165, 1.54) is 0 Å². The van der Waals surface area contributed by atoms with Crippen molar-refractivity contribution in [3.05, 3.63) is 0 Å². The summed E-state index contributed by atoms with van der Waals surface area (Å²) in [6.45, 7) is 6.66. The molecule has 1 heterocycles. The fourth-order valence-electron chi connectivity index (χ4n) is 2.15. The van der Waals surface area contributed by atoms with E-state index in [0.717, 1.165) is 19.6 Å². The Balaban J connectivity index is 0.00000196. The van der Waals surface area contributed by atoms with Crippen LogP contribution in [0, 0.1) is 0 Å². The molecule has 1 unspecified atom stereocenters. The molecule has 15 heavy (non-hydrogen) atoms. The van der Waals surface area contributed by atoms with Crippen LogP contribution in [0.3, 0.4) is 0 Å². The third kappa shape index (κ3) is 3.80. The van der Waals surface area contributed by atoms with Crippen LogP contribution < -0.4 is 24.0 Å². The van der Waals surface area contributed by atoms with Crippen LogP contribution in [0.15, 0.2) is 0 Å². The molecule has 0 aromatic heterocycles. The molecule has 0 bridgehead atoms. The second-order valence-electron chi connectivity index (χ2n) is 4.09. The molecule has 4 nitrogen and oxygen atoms in total. The Bertz CT molecular complexity index is 214. The number of piperazine rings is 1. The molecule has 0 spiro atoms. The molecular formula is C10H19LiN2O2. The Morgan fingerprint density at radius 3 is 2.53 bits per heavy atom. The second-order valence-corrected chi connectivity index (χ2v) is 4.09. The van der Waals surface area contributed by atoms with Crippen LogP contribution in [-0.2, 0) is 4.79 Å². The topological polar surface area (TPSA) is 46.6 Å². The van der Waals surface area contributed by atoms with E-state index < -0.39 is 12.0 Å². The van der Waals surface area contributed by atoms with E-state index in [-0.39, 0.29) is 18.9 Å². The quantitative estimate of drug-likeness (QED) is 0.444. The van der Waals surface area contributed by atoms with Crippen LogP contribution in [0.2, 0.25) is 0 Å². The number of carbonyl (C=O) groups excluding carboxylic acids is 1. The number of carbonyl (C=O) groups is 1. The maximum Gasteiger partial charge on any atom is 1.00 e. The van der Waals surface area contributed by atoms with Gasteiger partial charge in [0, 0.05) is 31.7 Å². The van der Waals surface area contributed by atoms with Crippen molar-refractivity contribution >= 4 is 5.97 Å². The van der Waals surface area contributed by atoms with E-state index in [1.807, 2.05) is 11.8 Å². The number of carboxylic acids is 1. The van der Waals surface area contributed by atoms with E-state index >= 15 is 0 Å². The van der Waals surface area contributed by atoms with Crippen molar-refractivity contribution in [1.29, 1.82) is 0 Å². The van der Waals surface area contributed by atoms with Crippen molar-refractivity contribution < 1.29 is 28.8 Å². The second kappa shape index (κ2) is 6.54. The number of rotatable bonds is 3. The average Bonchev–Trinajstić information content (AvgIpc) is 2.09. The molecule has 2 atom stereocenters. The van der Waals surface area contributed by atoms with Crippen LogP contribution >= 0.6 is 0 Å². The zero-order chi connectivity index (χ0) is 10.7. The van der Waals surface area contributed by atoms with Gasteiger partial charge in [-0.1, -0.05) is 6.92 Å². The number of aliphatic carboxylic acids is 1. The Labute approximate surface area is 104 Å². The van der Waals surface area contributed by atoms with Crippen molar-refractivity contribution in [2.75, 3.05) is 26.7 Å². The van der Waals surface area contributed by atoms with E-state index in [4.69, 9.17) is 0 Å². The number of likely N-dealkylation sites (N-methyl/N-ethyl adjacent to an activating group) is 1. The van der Waals surface area contributed by atoms with Gasteiger partial charge in [-0.05, 0) is 20.4 Å². The first-order valence-corrected chi connectivity index (χ1v) is 5.21. The van der Waals surface area contributed by atoms with Gasteiger partial charge in [0.05, 0.1) is 5.97 Å². The summed E-state index contributed by atoms with van der Waals surface area (Å²) in [5.74, 6) is -0.941. The summed E-state index contributed by atoms with van der Waals surface area (Å²) in [6.07, 6.45) is 0.621. The molecule has 1 saturated heterocycles. The van der Waals surface area contributed by atoms with Gasteiger partial charge in [0.15, 0.2) is 0 Å². The summed E-state index contributed by atoms with van der Waals surface area (Å²) in [4.78, 5) is 15.2. The van der Waals surface area contributed by atoms with Gasteiger partial charge in [-0.15, -0.1) is 0 Å². The van der Waals surface area contributed by atoms with Crippen LogP contribution in [0.4, 0.5) is 0 Å². The fraction of sp³-hybridized carbons (Fsp3) is 0.900. The summed E-state index contributed by atoms with van der Waals surface area (Å²) in [6, 6.07) is -0.115. The first-order chi connectivity index (χ1) is 6.56. The van der Waals surface area contributed by atoms with Crippen LogP contribution in [0.5, 0.6) is 0 Å². The summed E-state index contributed by atoms with van der Waals surface area (Å²) < 4.78 is 0. The number of hydrogen-bond acceptors (Lipinski definition) is 4. The predicted molar refractivity (Wildman–Crippen MR) is 52.8 cm³/mol. The third-order valence-corrected chi connectivity index (χ3v) is 2.94. The zero-order valence-corrected chi connectivity index (χ0v) is 10.2. The summed E-state index contributed by atoms with van der Waals surface area (Å²) in [7, 11) is 2.06. The van der Waals surface area contributed by atoms with Crippen LogP contribution in [0.1, 0.15) is 20.3 Å². The monoisotopic (exact) mass is 206 g/mol. The third-order valence-electron chi connectivity index (χ3n) is 2.94. The van der Waals surface area contributed by atoms with Crippen LogP contribution in [0.25, 0.3) is 0 Å². The molecule has 1 fully saturated rings. The van der Waals surface area contributed by atoms with Gasteiger partial charge in [0.1, 0.15) is 0 Å². The molecular weight excluding hydrogens is 187 g/mol. The Morgan fingerprint density at radius 2 is 2.13 bits per heavy atom. The van der Waals surface area contributed by atoms with Gasteiger partial charge in [-0.2, -0.15) is 0 Å². The van der Waals surface area contributed by atoms with Gasteiger partial charge in [0.25, 0.3) is 0 Å². The zero-order valence-electron chi connectivity index (χ0n) is 10.2. The minimum absolute atomic E-state index is 0. The molecule has 0 N–H and O–H groups in total. The summed E-state index contributed by atoms with van der Waals surface area (Å²) in [5.41, 5.74) is 0. The first-order valence-electron chi connectivity index (χ1n) is 5.21. The molecule has 82 valence electrons. The van der Waals surface area contributed by atoms with Crippen molar-refractivity contribution in [1.82, 2.24) is 9.80 Å². The van der Waals surface area contributed by atoms with Gasteiger partial charge in [-0.25, -0.2) is 0 Å². The average molecular weight is 206 g/mol. The van der Waals surface area contributed by atoms with Crippen molar-refractivity contribution in [3.63, 3.8) is 0 Å². The van der Waals surface area contributed by atoms with Gasteiger partial charge < -0.3 is 14.8 Å².